The maximum absolute atomic E-state index is 10.4. The van der Waals surface area contributed by atoms with Crippen LogP contribution in [0.2, 0.25) is 0 Å². The van der Waals surface area contributed by atoms with Gasteiger partial charge in [0.25, 0.3) is 0 Å². The van der Waals surface area contributed by atoms with Crippen LogP contribution in [0.5, 0.6) is 0 Å². The molecule has 100 valence electrons. The molecule has 3 heteroatoms. The lowest BCUT2D eigenvalue weighted by atomic mass is 9.92. The molecule has 1 heterocycles. The fraction of sp³-hybridized carbons (Fsp3) is 0.600. The van der Waals surface area contributed by atoms with Gasteiger partial charge in [-0.15, -0.1) is 0 Å². The Hall–Kier alpha value is -0.900. The molecule has 0 saturated carbocycles. The molecule has 1 aromatic rings. The van der Waals surface area contributed by atoms with E-state index in [0.717, 1.165) is 18.7 Å². The number of hydrogen-bond donors (Lipinski definition) is 2. The van der Waals surface area contributed by atoms with Gasteiger partial charge in [-0.2, -0.15) is 0 Å². The van der Waals surface area contributed by atoms with E-state index in [-0.39, 0.29) is 6.04 Å². The molecule has 2 rings (SSSR count). The molecule has 0 radical (unpaired) electrons. The van der Waals surface area contributed by atoms with Gasteiger partial charge in [-0.1, -0.05) is 17.7 Å². The standard InChI is InChI=1S/C15H23NO2/c1-10-6-11(2)15(12(3)7-10)14(17)8-13-9-18-5-4-16-13/h6-7,13-14,16-17H,4-5,8-9H2,1-3H3. The van der Waals surface area contributed by atoms with Crippen molar-refractivity contribution in [1.29, 1.82) is 0 Å². The molecule has 1 saturated heterocycles. The number of ether oxygens (including phenoxy) is 1. The molecular weight excluding hydrogens is 226 g/mol. The van der Waals surface area contributed by atoms with Crippen molar-refractivity contribution in [3.05, 3.63) is 34.4 Å². The van der Waals surface area contributed by atoms with E-state index in [0.29, 0.717) is 13.0 Å². The van der Waals surface area contributed by atoms with Crippen molar-refractivity contribution in [3.63, 3.8) is 0 Å². The second kappa shape index (κ2) is 5.83. The Balaban J connectivity index is 2.10. The largest absolute Gasteiger partial charge is 0.388 e. The molecule has 1 aromatic carbocycles. The van der Waals surface area contributed by atoms with Crippen LogP contribution in [0.25, 0.3) is 0 Å². The molecule has 0 bridgehead atoms. The van der Waals surface area contributed by atoms with E-state index in [1.165, 1.54) is 16.7 Å². The summed E-state index contributed by atoms with van der Waals surface area (Å²) in [4.78, 5) is 0. The van der Waals surface area contributed by atoms with Crippen LogP contribution in [0, 0.1) is 20.8 Å². The molecular formula is C15H23NO2. The Morgan fingerprint density at radius 2 is 2.00 bits per heavy atom. The lowest BCUT2D eigenvalue weighted by Gasteiger charge is -2.27. The summed E-state index contributed by atoms with van der Waals surface area (Å²) in [5, 5.41) is 13.8. The summed E-state index contributed by atoms with van der Waals surface area (Å²) in [6.45, 7) is 8.58. The first kappa shape index (κ1) is 13.5. The Morgan fingerprint density at radius 1 is 1.33 bits per heavy atom. The van der Waals surface area contributed by atoms with Crippen molar-refractivity contribution in [1.82, 2.24) is 5.32 Å². The van der Waals surface area contributed by atoms with E-state index in [9.17, 15) is 5.11 Å². The minimum Gasteiger partial charge on any atom is -0.388 e. The summed E-state index contributed by atoms with van der Waals surface area (Å²) in [6.07, 6.45) is 0.301. The second-order valence-corrected chi connectivity index (χ2v) is 5.29. The van der Waals surface area contributed by atoms with Crippen molar-refractivity contribution in [2.75, 3.05) is 19.8 Å². The number of aliphatic hydroxyl groups excluding tert-OH is 1. The summed E-state index contributed by atoms with van der Waals surface area (Å²) < 4.78 is 5.42. The molecule has 1 aliphatic rings. The van der Waals surface area contributed by atoms with Gasteiger partial charge in [0, 0.05) is 12.6 Å². The first-order valence-corrected chi connectivity index (χ1v) is 6.65. The van der Waals surface area contributed by atoms with Gasteiger partial charge >= 0.3 is 0 Å². The molecule has 0 spiro atoms. The predicted molar refractivity (Wildman–Crippen MR) is 72.8 cm³/mol. The average Bonchev–Trinajstić information content (AvgIpc) is 2.28. The van der Waals surface area contributed by atoms with Crippen molar-refractivity contribution in [2.45, 2.75) is 39.3 Å². The van der Waals surface area contributed by atoms with Gasteiger partial charge < -0.3 is 15.2 Å². The molecule has 3 nitrogen and oxygen atoms in total. The van der Waals surface area contributed by atoms with Crippen molar-refractivity contribution >= 4 is 0 Å². The Labute approximate surface area is 109 Å². The van der Waals surface area contributed by atoms with Crippen LogP contribution in [-0.2, 0) is 4.74 Å². The second-order valence-electron chi connectivity index (χ2n) is 5.29. The number of hydrogen-bond acceptors (Lipinski definition) is 3. The molecule has 0 aliphatic carbocycles. The van der Waals surface area contributed by atoms with E-state index >= 15 is 0 Å². The molecule has 1 fully saturated rings. The van der Waals surface area contributed by atoms with Gasteiger partial charge in [0.1, 0.15) is 0 Å². The van der Waals surface area contributed by atoms with Crippen LogP contribution in [-0.4, -0.2) is 30.9 Å². The fourth-order valence-corrected chi connectivity index (χ4v) is 2.88. The van der Waals surface area contributed by atoms with E-state index in [2.05, 4.69) is 38.2 Å². The van der Waals surface area contributed by atoms with Gasteiger partial charge in [0.2, 0.25) is 0 Å². The highest BCUT2D eigenvalue weighted by Gasteiger charge is 2.20. The van der Waals surface area contributed by atoms with Crippen LogP contribution >= 0.6 is 0 Å². The topological polar surface area (TPSA) is 41.5 Å². The van der Waals surface area contributed by atoms with Crippen molar-refractivity contribution in [3.8, 4) is 0 Å². The zero-order chi connectivity index (χ0) is 13.1. The summed E-state index contributed by atoms with van der Waals surface area (Å²) >= 11 is 0. The number of morpholine rings is 1. The number of benzene rings is 1. The van der Waals surface area contributed by atoms with Crippen LogP contribution in [0.3, 0.4) is 0 Å². The summed E-state index contributed by atoms with van der Waals surface area (Å²) in [5.74, 6) is 0. The molecule has 2 atom stereocenters. The van der Waals surface area contributed by atoms with Crippen LogP contribution in [0.1, 0.15) is 34.8 Å². The molecule has 2 N–H and O–H groups in total. The molecule has 0 amide bonds. The highest BCUT2D eigenvalue weighted by Crippen LogP contribution is 2.27. The van der Waals surface area contributed by atoms with Gasteiger partial charge in [0.05, 0.1) is 19.3 Å². The lowest BCUT2D eigenvalue weighted by molar-refractivity contribution is 0.0516. The monoisotopic (exact) mass is 249 g/mol. The molecule has 0 aromatic heterocycles. The van der Waals surface area contributed by atoms with Crippen LogP contribution < -0.4 is 5.32 Å². The fourth-order valence-electron chi connectivity index (χ4n) is 2.88. The summed E-state index contributed by atoms with van der Waals surface area (Å²) in [5.41, 5.74) is 4.68. The first-order valence-electron chi connectivity index (χ1n) is 6.65. The minimum atomic E-state index is -0.412. The maximum atomic E-state index is 10.4. The van der Waals surface area contributed by atoms with Gasteiger partial charge in [-0.05, 0) is 43.9 Å². The minimum absolute atomic E-state index is 0.258. The van der Waals surface area contributed by atoms with Crippen LogP contribution in [0.15, 0.2) is 12.1 Å². The van der Waals surface area contributed by atoms with E-state index in [1.807, 2.05) is 0 Å². The third-order valence-corrected chi connectivity index (χ3v) is 3.58. The third kappa shape index (κ3) is 3.10. The van der Waals surface area contributed by atoms with Gasteiger partial charge in [0.15, 0.2) is 0 Å². The lowest BCUT2D eigenvalue weighted by Crippen LogP contribution is -2.42. The van der Waals surface area contributed by atoms with Crippen molar-refractivity contribution in [2.24, 2.45) is 0 Å². The molecule has 1 aliphatic heterocycles. The maximum Gasteiger partial charge on any atom is 0.0810 e. The van der Waals surface area contributed by atoms with E-state index in [4.69, 9.17) is 4.74 Å². The Morgan fingerprint density at radius 3 is 2.56 bits per heavy atom. The molecule has 2 unspecified atom stereocenters. The first-order chi connectivity index (χ1) is 8.58. The highest BCUT2D eigenvalue weighted by molar-refractivity contribution is 5.39. The average molecular weight is 249 g/mol. The number of aryl methyl sites for hydroxylation is 3. The number of aliphatic hydroxyl groups is 1. The van der Waals surface area contributed by atoms with E-state index in [1.54, 1.807) is 0 Å². The predicted octanol–water partition coefficient (Wildman–Crippen LogP) is 2.02. The third-order valence-electron chi connectivity index (χ3n) is 3.58. The summed E-state index contributed by atoms with van der Waals surface area (Å²) in [7, 11) is 0. The van der Waals surface area contributed by atoms with Crippen LogP contribution in [0.4, 0.5) is 0 Å². The quantitative estimate of drug-likeness (QED) is 0.861. The van der Waals surface area contributed by atoms with Gasteiger partial charge in [-0.3, -0.25) is 0 Å². The summed E-state index contributed by atoms with van der Waals surface area (Å²) in [6, 6.07) is 4.53. The number of rotatable bonds is 3. The van der Waals surface area contributed by atoms with E-state index < -0.39 is 6.10 Å². The Kier molecular flexibility index (Phi) is 4.38. The van der Waals surface area contributed by atoms with Gasteiger partial charge in [-0.25, -0.2) is 0 Å². The zero-order valence-electron chi connectivity index (χ0n) is 11.5. The number of nitrogens with one attached hydrogen (secondary N) is 1. The normalized spacial score (nSPS) is 21.9. The van der Waals surface area contributed by atoms with Crippen molar-refractivity contribution < 1.29 is 9.84 Å². The zero-order valence-corrected chi connectivity index (χ0v) is 11.5. The highest BCUT2D eigenvalue weighted by atomic mass is 16.5. The Bertz CT molecular complexity index is 388. The molecule has 18 heavy (non-hydrogen) atoms. The smallest absolute Gasteiger partial charge is 0.0810 e. The SMILES string of the molecule is Cc1cc(C)c(C(O)CC2COCCN2)c(C)c1.